The second-order valence-corrected chi connectivity index (χ2v) is 10.5. The summed E-state index contributed by atoms with van der Waals surface area (Å²) in [6.45, 7) is 9.03. The molecular formula is C28H39FN4O6. The first kappa shape index (κ1) is 30.1. The van der Waals surface area contributed by atoms with Crippen LogP contribution in [0.5, 0.6) is 5.75 Å². The molecule has 0 unspecified atom stereocenters. The number of halogens is 1. The van der Waals surface area contributed by atoms with E-state index in [1.54, 1.807) is 32.9 Å². The Hall–Kier alpha value is -3.47. The molecule has 2 heterocycles. The van der Waals surface area contributed by atoms with E-state index in [4.69, 9.17) is 9.47 Å². The predicted octanol–water partition coefficient (Wildman–Crippen LogP) is 2.55. The van der Waals surface area contributed by atoms with Gasteiger partial charge in [0.25, 0.3) is 5.91 Å². The van der Waals surface area contributed by atoms with Crippen LogP contribution >= 0.6 is 0 Å². The van der Waals surface area contributed by atoms with Gasteiger partial charge < -0.3 is 20.1 Å². The van der Waals surface area contributed by atoms with Crippen molar-refractivity contribution in [1.29, 1.82) is 0 Å². The van der Waals surface area contributed by atoms with E-state index in [9.17, 15) is 23.6 Å². The zero-order valence-electron chi connectivity index (χ0n) is 23.2. The number of nitrogens with zero attached hydrogens (tertiary/aromatic N) is 1. The smallest absolute Gasteiger partial charge is 0.325 e. The molecule has 11 heteroatoms. The van der Waals surface area contributed by atoms with Crippen LogP contribution in [-0.4, -0.2) is 60.0 Å². The number of hydrazine groups is 1. The predicted molar refractivity (Wildman–Crippen MR) is 142 cm³/mol. The first-order chi connectivity index (χ1) is 18.5. The van der Waals surface area contributed by atoms with Crippen molar-refractivity contribution in [2.45, 2.75) is 78.1 Å². The van der Waals surface area contributed by atoms with E-state index in [1.165, 1.54) is 23.2 Å². The molecule has 3 amide bonds. The van der Waals surface area contributed by atoms with Gasteiger partial charge in [0.2, 0.25) is 11.8 Å². The van der Waals surface area contributed by atoms with Gasteiger partial charge in [0.05, 0.1) is 0 Å². The molecule has 10 nitrogen and oxygen atoms in total. The molecule has 4 bridgehead atoms. The number of cyclic esters (lactones) is 1. The monoisotopic (exact) mass is 546 g/mol. The lowest BCUT2D eigenvalue weighted by atomic mass is 10.0. The molecule has 0 radical (unpaired) electrons. The fraction of sp³-hybridized carbons (Fsp3) is 0.571. The number of ether oxygens (including phenoxy) is 2. The summed E-state index contributed by atoms with van der Waals surface area (Å²) >= 11 is 0. The summed E-state index contributed by atoms with van der Waals surface area (Å²) in [5.74, 6) is -2.57. The Balaban J connectivity index is 1.85. The molecule has 2 aliphatic heterocycles. The molecule has 1 saturated heterocycles. The summed E-state index contributed by atoms with van der Waals surface area (Å²) in [5.41, 5.74) is 3.05. The summed E-state index contributed by atoms with van der Waals surface area (Å²) in [4.78, 5) is 51.9. The minimum Gasteiger partial charge on any atom is -0.490 e. The number of carbonyl (C=O) groups is 4. The zero-order chi connectivity index (χ0) is 28.7. The topological polar surface area (TPSA) is 126 Å². The maximum absolute atomic E-state index is 14.6. The van der Waals surface area contributed by atoms with Crippen molar-refractivity contribution in [2.24, 2.45) is 11.8 Å². The standard InChI is InChI=1S/C28H39FN4O6/c1-16(2)24-26(35)30-18(4)27(36)33-13-8-10-23(32-33)28(37)39-19(5)21-15-20(11-12-22(21)29)38-14-7-6-9-17(3)25(34)31-24/h6-7,11-12,15-19,23-24,32H,8-10,13-14H2,1-5H3,(H,30,35)(H,31,34)/b7-6+/t17-,18+,19-,23+,24+/m1/s1. The normalized spacial score (nSPS) is 28.8. The van der Waals surface area contributed by atoms with Crippen LogP contribution in [0.4, 0.5) is 4.39 Å². The first-order valence-electron chi connectivity index (χ1n) is 13.4. The lowest BCUT2D eigenvalue weighted by Crippen LogP contribution is -2.61. The van der Waals surface area contributed by atoms with Crippen LogP contribution in [0.1, 0.15) is 65.5 Å². The maximum Gasteiger partial charge on any atom is 0.325 e. The van der Waals surface area contributed by atoms with Crippen LogP contribution in [0.3, 0.4) is 0 Å². The molecule has 5 atom stereocenters. The van der Waals surface area contributed by atoms with Gasteiger partial charge in [-0.1, -0.05) is 32.9 Å². The third-order valence-electron chi connectivity index (χ3n) is 6.86. The summed E-state index contributed by atoms with van der Waals surface area (Å²) in [6.07, 6.45) is 4.03. The number of amides is 3. The molecule has 214 valence electrons. The SMILES string of the molecule is CC(C)[C@@H]1NC(=O)[C@H](C)C/C=C/COc2ccc(F)c(c2)[C@@H](C)OC(=O)[C@@H]2CCCN(N2)C(=O)[C@H](C)NC1=O. The van der Waals surface area contributed by atoms with E-state index in [0.29, 0.717) is 31.6 Å². The van der Waals surface area contributed by atoms with E-state index in [-0.39, 0.29) is 24.0 Å². The van der Waals surface area contributed by atoms with Gasteiger partial charge in [-0.15, -0.1) is 0 Å². The minimum absolute atomic E-state index is 0.164. The van der Waals surface area contributed by atoms with Crippen molar-refractivity contribution in [2.75, 3.05) is 13.2 Å². The molecule has 0 aliphatic carbocycles. The van der Waals surface area contributed by atoms with Gasteiger partial charge in [-0.3, -0.25) is 24.2 Å². The molecule has 3 rings (SSSR count). The fourth-order valence-electron chi connectivity index (χ4n) is 4.41. The number of esters is 1. The lowest BCUT2D eigenvalue weighted by molar-refractivity contribution is -0.157. The van der Waals surface area contributed by atoms with Crippen LogP contribution < -0.4 is 20.8 Å². The van der Waals surface area contributed by atoms with E-state index < -0.39 is 53.7 Å². The molecule has 0 spiro atoms. The highest BCUT2D eigenvalue weighted by molar-refractivity contribution is 5.92. The summed E-state index contributed by atoms with van der Waals surface area (Å²) < 4.78 is 25.8. The van der Waals surface area contributed by atoms with E-state index in [0.717, 1.165) is 0 Å². The molecular weight excluding hydrogens is 507 g/mol. The van der Waals surface area contributed by atoms with Gasteiger partial charge >= 0.3 is 5.97 Å². The van der Waals surface area contributed by atoms with Crippen molar-refractivity contribution in [3.05, 3.63) is 41.7 Å². The summed E-state index contributed by atoms with van der Waals surface area (Å²) in [6, 6.07) is 1.68. The molecule has 1 fully saturated rings. The van der Waals surface area contributed by atoms with Crippen molar-refractivity contribution in [3.8, 4) is 5.75 Å². The highest BCUT2D eigenvalue weighted by Gasteiger charge is 2.34. The number of hydrogen-bond acceptors (Lipinski definition) is 7. The molecule has 0 aromatic heterocycles. The molecule has 0 saturated carbocycles. The Labute approximate surface area is 228 Å². The number of benzene rings is 1. The highest BCUT2D eigenvalue weighted by atomic mass is 19.1. The van der Waals surface area contributed by atoms with Crippen LogP contribution in [0.15, 0.2) is 30.4 Å². The summed E-state index contributed by atoms with van der Waals surface area (Å²) in [5, 5.41) is 6.79. The number of rotatable bonds is 1. The number of hydrogen-bond donors (Lipinski definition) is 3. The van der Waals surface area contributed by atoms with Crippen molar-refractivity contribution < 1.29 is 33.0 Å². The van der Waals surface area contributed by atoms with Crippen molar-refractivity contribution in [1.82, 2.24) is 21.1 Å². The van der Waals surface area contributed by atoms with Gasteiger partial charge in [0.15, 0.2) is 0 Å². The van der Waals surface area contributed by atoms with Gasteiger partial charge in [-0.2, -0.15) is 0 Å². The molecule has 1 aromatic carbocycles. The third-order valence-corrected chi connectivity index (χ3v) is 6.86. The maximum atomic E-state index is 14.6. The zero-order valence-corrected chi connectivity index (χ0v) is 23.2. The second-order valence-electron chi connectivity index (χ2n) is 10.5. The van der Waals surface area contributed by atoms with Crippen LogP contribution in [0.2, 0.25) is 0 Å². The summed E-state index contributed by atoms with van der Waals surface area (Å²) in [7, 11) is 0. The molecule has 39 heavy (non-hydrogen) atoms. The van der Waals surface area contributed by atoms with Gasteiger partial charge in [0.1, 0.15) is 42.4 Å². The molecule has 1 aromatic rings. The quantitative estimate of drug-likeness (QED) is 0.365. The van der Waals surface area contributed by atoms with Gasteiger partial charge in [0, 0.05) is 18.0 Å². The Morgan fingerprint density at radius 2 is 1.77 bits per heavy atom. The fourth-order valence-corrected chi connectivity index (χ4v) is 4.41. The van der Waals surface area contributed by atoms with E-state index in [1.807, 2.05) is 13.8 Å². The molecule has 2 aliphatic rings. The number of allylic oxidation sites excluding steroid dienone is 1. The second kappa shape index (κ2) is 13.5. The van der Waals surface area contributed by atoms with Crippen LogP contribution in [0.25, 0.3) is 0 Å². The Morgan fingerprint density at radius 1 is 1.03 bits per heavy atom. The average molecular weight is 547 g/mol. The van der Waals surface area contributed by atoms with Crippen molar-refractivity contribution >= 4 is 23.7 Å². The van der Waals surface area contributed by atoms with Crippen molar-refractivity contribution in [3.63, 3.8) is 0 Å². The minimum atomic E-state index is -0.910. The van der Waals surface area contributed by atoms with E-state index >= 15 is 0 Å². The Bertz CT molecular complexity index is 1090. The number of carbonyl (C=O) groups excluding carboxylic acids is 4. The van der Waals surface area contributed by atoms with E-state index in [2.05, 4.69) is 16.1 Å². The Morgan fingerprint density at radius 3 is 2.49 bits per heavy atom. The lowest BCUT2D eigenvalue weighted by Gasteiger charge is -2.35. The number of fused-ring (bicyclic) bond motifs is 4. The molecule has 3 N–H and O–H groups in total. The van der Waals surface area contributed by atoms with Crippen LogP contribution in [0, 0.1) is 17.7 Å². The van der Waals surface area contributed by atoms with Gasteiger partial charge in [-0.25, -0.2) is 9.82 Å². The Kier molecular flexibility index (Phi) is 10.4. The average Bonchev–Trinajstić information content (AvgIpc) is 2.90. The first-order valence-corrected chi connectivity index (χ1v) is 13.4. The third kappa shape index (κ3) is 8.01. The largest absolute Gasteiger partial charge is 0.490 e. The van der Waals surface area contributed by atoms with Gasteiger partial charge in [-0.05, 0) is 57.2 Å². The van der Waals surface area contributed by atoms with Crippen LogP contribution in [-0.2, 0) is 23.9 Å². The highest BCUT2D eigenvalue weighted by Crippen LogP contribution is 2.26. The number of nitrogens with one attached hydrogen (secondary N) is 3.